The largest absolute Gasteiger partial charge is 0.352 e. The van der Waals surface area contributed by atoms with Crippen LogP contribution < -0.4 is 11.1 Å². The molecule has 0 aliphatic carbocycles. The van der Waals surface area contributed by atoms with Gasteiger partial charge in [-0.15, -0.1) is 0 Å². The van der Waals surface area contributed by atoms with Gasteiger partial charge in [0, 0.05) is 25.6 Å². The van der Waals surface area contributed by atoms with Crippen molar-refractivity contribution >= 4 is 11.8 Å². The van der Waals surface area contributed by atoms with E-state index in [1.165, 1.54) is 6.07 Å². The van der Waals surface area contributed by atoms with Crippen molar-refractivity contribution in [3.63, 3.8) is 0 Å². The highest BCUT2D eigenvalue weighted by Gasteiger charge is 2.37. The Morgan fingerprint density at radius 3 is 2.45 bits per heavy atom. The van der Waals surface area contributed by atoms with Gasteiger partial charge >= 0.3 is 0 Å². The quantitative estimate of drug-likeness (QED) is 0.815. The van der Waals surface area contributed by atoms with Gasteiger partial charge in [0.1, 0.15) is 11.4 Å². The minimum Gasteiger partial charge on any atom is -0.352 e. The SMILES string of the molecule is Cc1ccc(CNC(=O)C2CCN(C(=O)C(C)(N)c3ccccc3)CC2)cc1F. The molecule has 1 heterocycles. The van der Waals surface area contributed by atoms with Crippen LogP contribution in [-0.2, 0) is 21.7 Å². The summed E-state index contributed by atoms with van der Waals surface area (Å²) in [6.07, 6.45) is 1.18. The second kappa shape index (κ2) is 8.74. The fourth-order valence-electron chi connectivity index (χ4n) is 3.66. The van der Waals surface area contributed by atoms with E-state index in [-0.39, 0.29) is 23.5 Å². The van der Waals surface area contributed by atoms with Crippen LogP contribution in [0.15, 0.2) is 48.5 Å². The fraction of sp³-hybridized carbons (Fsp3) is 0.391. The van der Waals surface area contributed by atoms with E-state index in [0.29, 0.717) is 38.0 Å². The number of likely N-dealkylation sites (tertiary alicyclic amines) is 1. The van der Waals surface area contributed by atoms with Gasteiger partial charge in [-0.3, -0.25) is 9.59 Å². The summed E-state index contributed by atoms with van der Waals surface area (Å²) < 4.78 is 13.6. The van der Waals surface area contributed by atoms with E-state index in [1.807, 2.05) is 36.4 Å². The zero-order valence-electron chi connectivity index (χ0n) is 17.0. The molecule has 1 atom stereocenters. The molecule has 0 radical (unpaired) electrons. The summed E-state index contributed by atoms with van der Waals surface area (Å²) >= 11 is 0. The molecule has 3 rings (SSSR count). The van der Waals surface area contributed by atoms with Gasteiger partial charge in [-0.2, -0.15) is 0 Å². The van der Waals surface area contributed by atoms with Gasteiger partial charge in [-0.05, 0) is 49.4 Å². The van der Waals surface area contributed by atoms with E-state index in [0.717, 1.165) is 11.1 Å². The summed E-state index contributed by atoms with van der Waals surface area (Å²) in [5.41, 5.74) is 7.34. The average molecular weight is 397 g/mol. The Kier molecular flexibility index (Phi) is 6.33. The molecular formula is C23H28FN3O2. The average Bonchev–Trinajstić information content (AvgIpc) is 2.74. The molecule has 2 amide bonds. The van der Waals surface area contributed by atoms with Crippen LogP contribution in [0.2, 0.25) is 0 Å². The monoisotopic (exact) mass is 397 g/mol. The minimum atomic E-state index is -1.09. The zero-order chi connectivity index (χ0) is 21.0. The summed E-state index contributed by atoms with van der Waals surface area (Å²) in [6.45, 7) is 4.72. The van der Waals surface area contributed by atoms with E-state index in [1.54, 1.807) is 24.8 Å². The third-order valence-corrected chi connectivity index (χ3v) is 5.67. The van der Waals surface area contributed by atoms with E-state index in [9.17, 15) is 14.0 Å². The Morgan fingerprint density at radius 2 is 1.83 bits per heavy atom. The first-order valence-electron chi connectivity index (χ1n) is 9.95. The lowest BCUT2D eigenvalue weighted by Gasteiger charge is -2.36. The van der Waals surface area contributed by atoms with Crippen LogP contribution in [0.5, 0.6) is 0 Å². The van der Waals surface area contributed by atoms with Crippen LogP contribution in [0, 0.1) is 18.7 Å². The number of amides is 2. The van der Waals surface area contributed by atoms with Gasteiger partial charge in [0.25, 0.3) is 0 Å². The molecule has 1 aliphatic rings. The van der Waals surface area contributed by atoms with Crippen molar-refractivity contribution in [2.24, 2.45) is 11.7 Å². The summed E-state index contributed by atoms with van der Waals surface area (Å²) in [4.78, 5) is 27.2. The summed E-state index contributed by atoms with van der Waals surface area (Å²) in [5.74, 6) is -0.615. The van der Waals surface area contributed by atoms with Crippen molar-refractivity contribution < 1.29 is 14.0 Å². The van der Waals surface area contributed by atoms with Crippen molar-refractivity contribution in [1.82, 2.24) is 10.2 Å². The molecule has 3 N–H and O–H groups in total. The molecule has 0 aromatic heterocycles. The molecule has 5 nitrogen and oxygen atoms in total. The maximum atomic E-state index is 13.6. The topological polar surface area (TPSA) is 75.4 Å². The van der Waals surface area contributed by atoms with Crippen molar-refractivity contribution in [3.05, 3.63) is 71.0 Å². The van der Waals surface area contributed by atoms with Crippen LogP contribution in [0.1, 0.15) is 36.5 Å². The maximum absolute atomic E-state index is 13.6. The summed E-state index contributed by atoms with van der Waals surface area (Å²) in [6, 6.07) is 14.3. The number of rotatable bonds is 5. The van der Waals surface area contributed by atoms with Gasteiger partial charge in [-0.25, -0.2) is 4.39 Å². The van der Waals surface area contributed by atoms with Crippen LogP contribution in [-0.4, -0.2) is 29.8 Å². The molecular weight excluding hydrogens is 369 g/mol. The molecule has 2 aromatic carbocycles. The number of piperidine rings is 1. The number of nitrogens with two attached hydrogens (primary N) is 1. The van der Waals surface area contributed by atoms with Crippen LogP contribution in [0.4, 0.5) is 4.39 Å². The Labute approximate surface area is 171 Å². The van der Waals surface area contributed by atoms with Crippen molar-refractivity contribution in [2.75, 3.05) is 13.1 Å². The van der Waals surface area contributed by atoms with Crippen LogP contribution in [0.3, 0.4) is 0 Å². The molecule has 1 aliphatic heterocycles. The molecule has 0 bridgehead atoms. The lowest BCUT2D eigenvalue weighted by atomic mass is 9.89. The molecule has 0 saturated carbocycles. The Morgan fingerprint density at radius 1 is 1.17 bits per heavy atom. The third-order valence-electron chi connectivity index (χ3n) is 5.67. The number of nitrogens with zero attached hydrogens (tertiary/aromatic N) is 1. The molecule has 1 saturated heterocycles. The number of aryl methyl sites for hydroxylation is 1. The van der Waals surface area contributed by atoms with Crippen molar-refractivity contribution in [2.45, 2.75) is 38.8 Å². The Bertz CT molecular complexity index is 875. The minimum absolute atomic E-state index is 0.0587. The lowest BCUT2D eigenvalue weighted by Crippen LogP contribution is -2.53. The fourth-order valence-corrected chi connectivity index (χ4v) is 3.66. The predicted molar refractivity (Wildman–Crippen MR) is 110 cm³/mol. The first-order valence-corrected chi connectivity index (χ1v) is 9.95. The Balaban J connectivity index is 1.52. The molecule has 1 unspecified atom stereocenters. The molecule has 154 valence electrons. The highest BCUT2D eigenvalue weighted by atomic mass is 19.1. The molecule has 6 heteroatoms. The zero-order valence-corrected chi connectivity index (χ0v) is 17.0. The van der Waals surface area contributed by atoms with Gasteiger partial charge in [-0.1, -0.05) is 42.5 Å². The number of carbonyl (C=O) groups is 2. The number of hydrogen-bond donors (Lipinski definition) is 2. The standard InChI is InChI=1S/C23H28FN3O2/c1-16-8-9-17(14-20(16)24)15-26-21(28)18-10-12-27(13-11-18)22(29)23(2,25)19-6-4-3-5-7-19/h3-9,14,18H,10-13,15,25H2,1-2H3,(H,26,28). The second-order valence-corrected chi connectivity index (χ2v) is 7.94. The first kappa shape index (κ1) is 21.0. The van der Waals surface area contributed by atoms with Gasteiger partial charge in [0.15, 0.2) is 0 Å². The van der Waals surface area contributed by atoms with Crippen LogP contribution >= 0.6 is 0 Å². The lowest BCUT2D eigenvalue weighted by molar-refractivity contribution is -0.140. The van der Waals surface area contributed by atoms with E-state index < -0.39 is 5.54 Å². The molecule has 29 heavy (non-hydrogen) atoms. The van der Waals surface area contributed by atoms with Gasteiger partial charge in [0.05, 0.1) is 0 Å². The normalized spacial score (nSPS) is 16.9. The predicted octanol–water partition coefficient (Wildman–Crippen LogP) is 2.86. The van der Waals surface area contributed by atoms with Gasteiger partial charge in [0.2, 0.25) is 11.8 Å². The smallest absolute Gasteiger partial charge is 0.246 e. The number of carbonyl (C=O) groups excluding carboxylic acids is 2. The second-order valence-electron chi connectivity index (χ2n) is 7.94. The summed E-state index contributed by atoms with van der Waals surface area (Å²) in [7, 11) is 0. The third kappa shape index (κ3) is 4.82. The van der Waals surface area contributed by atoms with Gasteiger partial charge < -0.3 is 16.0 Å². The molecule has 0 spiro atoms. The molecule has 1 fully saturated rings. The van der Waals surface area contributed by atoms with E-state index >= 15 is 0 Å². The van der Waals surface area contributed by atoms with E-state index in [4.69, 9.17) is 5.73 Å². The number of halogens is 1. The Hall–Kier alpha value is -2.73. The number of nitrogens with one attached hydrogen (secondary N) is 1. The first-order chi connectivity index (χ1) is 13.8. The van der Waals surface area contributed by atoms with E-state index in [2.05, 4.69) is 5.32 Å². The van der Waals surface area contributed by atoms with Crippen molar-refractivity contribution in [1.29, 1.82) is 0 Å². The number of hydrogen-bond acceptors (Lipinski definition) is 3. The highest BCUT2D eigenvalue weighted by molar-refractivity contribution is 5.87. The van der Waals surface area contributed by atoms with Crippen molar-refractivity contribution in [3.8, 4) is 0 Å². The number of benzene rings is 2. The van der Waals surface area contributed by atoms with Crippen LogP contribution in [0.25, 0.3) is 0 Å². The molecule has 2 aromatic rings. The highest BCUT2D eigenvalue weighted by Crippen LogP contribution is 2.25. The summed E-state index contributed by atoms with van der Waals surface area (Å²) in [5, 5.41) is 2.88. The maximum Gasteiger partial charge on any atom is 0.246 e.